The predicted octanol–water partition coefficient (Wildman–Crippen LogP) is 6.33. The van der Waals surface area contributed by atoms with Crippen LogP contribution in [0.5, 0.6) is 11.5 Å². The zero-order chi connectivity index (χ0) is 21.8. The van der Waals surface area contributed by atoms with E-state index in [4.69, 9.17) is 9.47 Å². The number of nitrogens with zero attached hydrogens (tertiary/aromatic N) is 2. The lowest BCUT2D eigenvalue weighted by molar-refractivity contribution is 0.285. The van der Waals surface area contributed by atoms with Gasteiger partial charge in [-0.15, -0.1) is 12.4 Å². The molecule has 0 amide bonds. The summed E-state index contributed by atoms with van der Waals surface area (Å²) in [7, 11) is 1.70. The molecule has 2 aliphatic heterocycles. The molecule has 2 aliphatic rings. The number of anilines is 2. The molecule has 1 atom stereocenters. The topological polar surface area (TPSA) is 24.9 Å². The number of fused-ring (bicyclic) bond motifs is 2. The predicted molar refractivity (Wildman–Crippen MR) is 138 cm³/mol. The molecule has 3 aromatic rings. The van der Waals surface area contributed by atoms with E-state index in [-0.39, 0.29) is 12.4 Å². The average molecular weight is 463 g/mol. The van der Waals surface area contributed by atoms with E-state index in [1.807, 2.05) is 12.1 Å². The molecule has 3 aromatic carbocycles. The van der Waals surface area contributed by atoms with E-state index in [1.165, 1.54) is 29.7 Å². The molecule has 0 aromatic heterocycles. The second-order valence-electron chi connectivity index (χ2n) is 8.46. The molecule has 2 heterocycles. The fourth-order valence-electron chi connectivity index (χ4n) is 4.77. The largest absolute Gasteiger partial charge is 0.497 e. The van der Waals surface area contributed by atoms with Crippen LogP contribution in [0.15, 0.2) is 78.9 Å². The molecule has 0 N–H and O–H groups in total. The number of hydrogen-bond donors (Lipinski definition) is 0. The first kappa shape index (κ1) is 23.2. The van der Waals surface area contributed by atoms with Crippen molar-refractivity contribution in [1.82, 2.24) is 4.90 Å². The van der Waals surface area contributed by atoms with Crippen LogP contribution in [-0.4, -0.2) is 37.7 Å². The molecule has 1 saturated heterocycles. The van der Waals surface area contributed by atoms with Crippen molar-refractivity contribution >= 4 is 29.9 Å². The highest BCUT2D eigenvalue weighted by Gasteiger charge is 2.29. The Labute approximate surface area is 202 Å². The normalized spacial score (nSPS) is 17.6. The van der Waals surface area contributed by atoms with Crippen LogP contribution in [0.1, 0.15) is 24.0 Å². The zero-order valence-electron chi connectivity index (χ0n) is 19.0. The van der Waals surface area contributed by atoms with Gasteiger partial charge in [-0.25, -0.2) is 0 Å². The van der Waals surface area contributed by atoms with Crippen molar-refractivity contribution in [3.8, 4) is 11.5 Å². The summed E-state index contributed by atoms with van der Waals surface area (Å²) in [5.74, 6) is 1.86. The summed E-state index contributed by atoms with van der Waals surface area (Å²) >= 11 is 0. The lowest BCUT2D eigenvalue weighted by Gasteiger charge is -2.32. The van der Waals surface area contributed by atoms with Crippen LogP contribution in [0.25, 0.3) is 6.08 Å². The van der Waals surface area contributed by atoms with Gasteiger partial charge in [0.2, 0.25) is 0 Å². The summed E-state index contributed by atoms with van der Waals surface area (Å²) in [4.78, 5) is 5.07. The number of hydrogen-bond acceptors (Lipinski definition) is 4. The molecule has 172 valence electrons. The maximum absolute atomic E-state index is 6.15. The number of ether oxygens (including phenoxy) is 2. The second-order valence-corrected chi connectivity index (χ2v) is 8.46. The van der Waals surface area contributed by atoms with Crippen LogP contribution in [0.3, 0.4) is 0 Å². The van der Waals surface area contributed by atoms with Crippen molar-refractivity contribution in [2.75, 3.05) is 31.6 Å². The number of likely N-dealkylation sites (tertiary alicyclic amines) is 1. The van der Waals surface area contributed by atoms with Crippen molar-refractivity contribution in [2.24, 2.45) is 0 Å². The van der Waals surface area contributed by atoms with Crippen LogP contribution in [0.4, 0.5) is 11.4 Å². The monoisotopic (exact) mass is 462 g/mol. The van der Waals surface area contributed by atoms with E-state index in [0.29, 0.717) is 12.6 Å². The third-order valence-corrected chi connectivity index (χ3v) is 6.48. The van der Waals surface area contributed by atoms with E-state index in [9.17, 15) is 0 Å². The fourth-order valence-corrected chi connectivity index (χ4v) is 4.77. The van der Waals surface area contributed by atoms with Gasteiger partial charge in [0.1, 0.15) is 18.1 Å². The Morgan fingerprint density at radius 3 is 2.55 bits per heavy atom. The smallest absolute Gasteiger partial charge is 0.143 e. The van der Waals surface area contributed by atoms with E-state index in [1.54, 1.807) is 7.11 Å². The first-order valence-corrected chi connectivity index (χ1v) is 11.4. The van der Waals surface area contributed by atoms with Gasteiger partial charge in [0.15, 0.2) is 0 Å². The SMILES string of the molecule is COc1ccc(C=CCN2CCC[C@@H]2CN2c3ccccc3COc3ccccc32)cc1.Cl. The summed E-state index contributed by atoms with van der Waals surface area (Å²) < 4.78 is 11.4. The molecule has 5 heteroatoms. The van der Waals surface area contributed by atoms with Gasteiger partial charge >= 0.3 is 0 Å². The van der Waals surface area contributed by atoms with Crippen molar-refractivity contribution in [3.05, 3.63) is 90.0 Å². The summed E-state index contributed by atoms with van der Waals surface area (Å²) in [6.45, 7) is 3.69. The van der Waals surface area contributed by atoms with Crippen molar-refractivity contribution in [2.45, 2.75) is 25.5 Å². The van der Waals surface area contributed by atoms with Crippen LogP contribution in [0.2, 0.25) is 0 Å². The number of methoxy groups -OCH3 is 1. The first-order chi connectivity index (χ1) is 15.8. The van der Waals surface area contributed by atoms with Gasteiger partial charge < -0.3 is 14.4 Å². The Morgan fingerprint density at radius 1 is 0.970 bits per heavy atom. The van der Waals surface area contributed by atoms with E-state index in [2.05, 4.69) is 82.6 Å². The maximum Gasteiger partial charge on any atom is 0.143 e. The van der Waals surface area contributed by atoms with Gasteiger partial charge in [-0.1, -0.05) is 54.6 Å². The highest BCUT2D eigenvalue weighted by Crippen LogP contribution is 2.40. The Morgan fingerprint density at radius 2 is 1.73 bits per heavy atom. The van der Waals surface area contributed by atoms with E-state index in [0.717, 1.165) is 36.8 Å². The third kappa shape index (κ3) is 5.18. The van der Waals surface area contributed by atoms with Gasteiger partial charge in [-0.2, -0.15) is 0 Å². The summed E-state index contributed by atoms with van der Waals surface area (Å²) in [5, 5.41) is 0. The lowest BCUT2D eigenvalue weighted by Crippen LogP contribution is -2.38. The molecular formula is C28H31ClN2O2. The van der Waals surface area contributed by atoms with Crippen molar-refractivity contribution in [3.63, 3.8) is 0 Å². The fraction of sp³-hybridized carbons (Fsp3) is 0.286. The van der Waals surface area contributed by atoms with Gasteiger partial charge in [-0.3, -0.25) is 4.90 Å². The molecule has 0 unspecified atom stereocenters. The maximum atomic E-state index is 6.15. The standard InChI is InChI=1S/C28H30N2O2.ClH/c1-31-25-16-14-22(15-17-25)8-6-18-29-19-7-10-24(29)20-30-26-11-3-2-9-23(26)21-32-28-13-5-4-12-27(28)30;/h2-6,8-9,11-17,24H,7,10,18-21H2,1H3;1H/t24-;/m1./s1. The minimum Gasteiger partial charge on any atom is -0.497 e. The van der Waals surface area contributed by atoms with E-state index < -0.39 is 0 Å². The Kier molecular flexibility index (Phi) is 7.58. The molecule has 0 radical (unpaired) electrons. The number of para-hydroxylation sites is 3. The Balaban J connectivity index is 0.00000259. The molecule has 4 nitrogen and oxygen atoms in total. The molecule has 1 fully saturated rings. The third-order valence-electron chi connectivity index (χ3n) is 6.48. The Hall–Kier alpha value is -2.95. The van der Waals surface area contributed by atoms with Gasteiger partial charge in [-0.05, 0) is 55.3 Å². The summed E-state index contributed by atoms with van der Waals surface area (Å²) in [6, 6.07) is 25.8. The molecule has 33 heavy (non-hydrogen) atoms. The highest BCUT2D eigenvalue weighted by molar-refractivity contribution is 5.85. The zero-order valence-corrected chi connectivity index (χ0v) is 19.8. The second kappa shape index (κ2) is 10.8. The van der Waals surface area contributed by atoms with Crippen LogP contribution >= 0.6 is 12.4 Å². The number of halogens is 1. The molecule has 0 saturated carbocycles. The Bertz CT molecular complexity index is 1040. The van der Waals surface area contributed by atoms with Crippen molar-refractivity contribution in [1.29, 1.82) is 0 Å². The molecule has 0 aliphatic carbocycles. The summed E-state index contributed by atoms with van der Waals surface area (Å²) in [5.41, 5.74) is 4.87. The highest BCUT2D eigenvalue weighted by atomic mass is 35.5. The van der Waals surface area contributed by atoms with Crippen LogP contribution in [0, 0.1) is 0 Å². The van der Waals surface area contributed by atoms with Crippen LogP contribution < -0.4 is 14.4 Å². The van der Waals surface area contributed by atoms with Gasteiger partial charge in [0.05, 0.1) is 12.8 Å². The molecule has 5 rings (SSSR count). The van der Waals surface area contributed by atoms with Gasteiger partial charge in [0, 0.05) is 30.4 Å². The van der Waals surface area contributed by atoms with Crippen molar-refractivity contribution < 1.29 is 9.47 Å². The molecule has 0 bridgehead atoms. The minimum absolute atomic E-state index is 0. The summed E-state index contributed by atoms with van der Waals surface area (Å²) in [6.07, 6.45) is 6.96. The quantitative estimate of drug-likeness (QED) is 0.427. The lowest BCUT2D eigenvalue weighted by atomic mass is 10.1. The number of rotatable bonds is 6. The minimum atomic E-state index is 0. The molecule has 0 spiro atoms. The average Bonchev–Trinajstić information content (AvgIpc) is 3.22. The first-order valence-electron chi connectivity index (χ1n) is 11.4. The van der Waals surface area contributed by atoms with E-state index >= 15 is 0 Å². The molecular weight excluding hydrogens is 432 g/mol. The van der Waals surface area contributed by atoms with Gasteiger partial charge in [0.25, 0.3) is 0 Å². The number of benzene rings is 3. The van der Waals surface area contributed by atoms with Crippen LogP contribution in [-0.2, 0) is 6.61 Å².